The van der Waals surface area contributed by atoms with Crippen molar-refractivity contribution in [1.29, 1.82) is 0 Å². The van der Waals surface area contributed by atoms with E-state index in [4.69, 9.17) is 0 Å². The molecule has 0 aliphatic carbocycles. The maximum atomic E-state index is 12.1. The number of aromatic amines is 1. The first-order valence-corrected chi connectivity index (χ1v) is 6.05. The van der Waals surface area contributed by atoms with Gasteiger partial charge in [0.2, 0.25) is 0 Å². The molecule has 2 aromatic rings. The number of fused-ring (bicyclic) bond motifs is 1. The van der Waals surface area contributed by atoms with E-state index < -0.39 is 0 Å². The van der Waals surface area contributed by atoms with Crippen LogP contribution in [0.3, 0.4) is 0 Å². The molecule has 1 atom stereocenters. The van der Waals surface area contributed by atoms with Crippen LogP contribution in [0, 0.1) is 0 Å². The summed E-state index contributed by atoms with van der Waals surface area (Å²) in [5, 5.41) is 4.22. The van der Waals surface area contributed by atoms with Gasteiger partial charge >= 0.3 is 0 Å². The van der Waals surface area contributed by atoms with Crippen LogP contribution in [-0.4, -0.2) is 23.4 Å². The summed E-state index contributed by atoms with van der Waals surface area (Å²) in [5.74, 6) is 0.141. The number of para-hydroxylation sites is 1. The van der Waals surface area contributed by atoms with Crippen molar-refractivity contribution in [2.45, 2.75) is 26.3 Å². The van der Waals surface area contributed by atoms with Crippen LogP contribution in [0.2, 0.25) is 0 Å². The van der Waals surface area contributed by atoms with Crippen molar-refractivity contribution in [2.24, 2.45) is 0 Å². The van der Waals surface area contributed by atoms with E-state index in [9.17, 15) is 4.79 Å². The van der Waals surface area contributed by atoms with Crippen molar-refractivity contribution >= 4 is 16.7 Å². The Labute approximate surface area is 101 Å². The van der Waals surface area contributed by atoms with Gasteiger partial charge in [-0.25, -0.2) is 0 Å². The van der Waals surface area contributed by atoms with Crippen LogP contribution in [0.15, 0.2) is 30.5 Å². The number of aromatic nitrogens is 1. The Morgan fingerprint density at radius 3 is 2.94 bits per heavy atom. The van der Waals surface area contributed by atoms with Gasteiger partial charge in [0.15, 0.2) is 5.78 Å². The number of ketones is 1. The highest BCUT2D eigenvalue weighted by atomic mass is 16.1. The minimum atomic E-state index is 0.141. The summed E-state index contributed by atoms with van der Waals surface area (Å²) < 4.78 is 0. The van der Waals surface area contributed by atoms with Gasteiger partial charge in [-0.3, -0.25) is 4.79 Å². The molecule has 1 aromatic carbocycles. The molecule has 0 spiro atoms. The van der Waals surface area contributed by atoms with E-state index in [0.717, 1.165) is 22.9 Å². The Balaban J connectivity index is 2.14. The highest BCUT2D eigenvalue weighted by molar-refractivity contribution is 6.08. The van der Waals surface area contributed by atoms with E-state index in [1.54, 1.807) is 6.20 Å². The van der Waals surface area contributed by atoms with Gasteiger partial charge in [-0.15, -0.1) is 0 Å². The zero-order valence-electron chi connectivity index (χ0n) is 10.3. The van der Waals surface area contributed by atoms with E-state index in [2.05, 4.69) is 24.1 Å². The summed E-state index contributed by atoms with van der Waals surface area (Å²) in [7, 11) is 0. The van der Waals surface area contributed by atoms with Crippen LogP contribution in [0.1, 0.15) is 30.6 Å². The lowest BCUT2D eigenvalue weighted by atomic mass is 10.1. The highest BCUT2D eigenvalue weighted by Gasteiger charge is 2.11. The lowest BCUT2D eigenvalue weighted by Gasteiger charge is -2.09. The molecule has 0 radical (unpaired) electrons. The topological polar surface area (TPSA) is 44.9 Å². The SMILES string of the molecule is CCC(C)NCC(=O)c1c[nH]c2ccccc12. The number of benzene rings is 1. The molecule has 2 rings (SSSR count). The Hall–Kier alpha value is -1.61. The van der Waals surface area contributed by atoms with Crippen LogP contribution < -0.4 is 5.32 Å². The molecule has 0 saturated heterocycles. The van der Waals surface area contributed by atoms with Crippen LogP contribution in [-0.2, 0) is 0 Å². The Morgan fingerprint density at radius 2 is 2.18 bits per heavy atom. The summed E-state index contributed by atoms with van der Waals surface area (Å²) in [6.07, 6.45) is 2.83. The lowest BCUT2D eigenvalue weighted by molar-refractivity contribution is 0.0989. The second-order valence-corrected chi connectivity index (χ2v) is 4.36. The van der Waals surface area contributed by atoms with Crippen LogP contribution in [0.25, 0.3) is 10.9 Å². The fourth-order valence-corrected chi connectivity index (χ4v) is 1.81. The molecular weight excluding hydrogens is 212 g/mol. The number of hydrogen-bond donors (Lipinski definition) is 2. The standard InChI is InChI=1S/C14H18N2O/c1-3-10(2)15-9-14(17)12-8-16-13-7-5-4-6-11(12)13/h4-8,10,15-16H,3,9H2,1-2H3. The number of rotatable bonds is 5. The molecule has 0 bridgehead atoms. The monoisotopic (exact) mass is 230 g/mol. The number of H-pyrrole nitrogens is 1. The average molecular weight is 230 g/mol. The first kappa shape index (κ1) is 11.9. The minimum Gasteiger partial charge on any atom is -0.360 e. The van der Waals surface area contributed by atoms with Crippen molar-refractivity contribution in [3.63, 3.8) is 0 Å². The average Bonchev–Trinajstić information content (AvgIpc) is 2.79. The summed E-state index contributed by atoms with van der Waals surface area (Å²) in [6.45, 7) is 4.59. The fraction of sp³-hybridized carbons (Fsp3) is 0.357. The van der Waals surface area contributed by atoms with Gasteiger partial charge < -0.3 is 10.3 Å². The van der Waals surface area contributed by atoms with Gasteiger partial charge in [-0.1, -0.05) is 25.1 Å². The summed E-state index contributed by atoms with van der Waals surface area (Å²) in [5.41, 5.74) is 1.79. The molecule has 17 heavy (non-hydrogen) atoms. The first-order chi connectivity index (χ1) is 8.22. The summed E-state index contributed by atoms with van der Waals surface area (Å²) >= 11 is 0. The van der Waals surface area contributed by atoms with Crippen molar-refractivity contribution in [1.82, 2.24) is 10.3 Å². The third-order valence-electron chi connectivity index (χ3n) is 3.11. The van der Waals surface area contributed by atoms with Crippen molar-refractivity contribution < 1.29 is 4.79 Å². The summed E-state index contributed by atoms with van der Waals surface area (Å²) in [6, 6.07) is 8.25. The molecule has 0 fully saturated rings. The smallest absolute Gasteiger partial charge is 0.178 e. The van der Waals surface area contributed by atoms with Gasteiger partial charge in [-0.05, 0) is 19.4 Å². The molecule has 2 N–H and O–H groups in total. The second kappa shape index (κ2) is 5.15. The predicted octanol–water partition coefficient (Wildman–Crippen LogP) is 2.74. The third kappa shape index (κ3) is 2.56. The molecule has 1 heterocycles. The fourth-order valence-electron chi connectivity index (χ4n) is 1.81. The number of carbonyl (C=O) groups is 1. The number of Topliss-reactive ketones (excluding diaryl/α,β-unsaturated/α-hetero) is 1. The molecule has 0 saturated carbocycles. The van der Waals surface area contributed by atoms with Gasteiger partial charge in [0.1, 0.15) is 0 Å². The maximum Gasteiger partial charge on any atom is 0.178 e. The molecule has 3 heteroatoms. The molecule has 0 amide bonds. The van der Waals surface area contributed by atoms with Gasteiger partial charge in [0.25, 0.3) is 0 Å². The molecular formula is C14H18N2O. The zero-order valence-corrected chi connectivity index (χ0v) is 10.3. The zero-order chi connectivity index (χ0) is 12.3. The molecule has 1 unspecified atom stereocenters. The quantitative estimate of drug-likeness (QED) is 0.776. The third-order valence-corrected chi connectivity index (χ3v) is 3.11. The number of carbonyl (C=O) groups excluding carboxylic acids is 1. The highest BCUT2D eigenvalue weighted by Crippen LogP contribution is 2.17. The van der Waals surface area contributed by atoms with Crippen LogP contribution in [0.4, 0.5) is 0 Å². The predicted molar refractivity (Wildman–Crippen MR) is 70.4 cm³/mol. The van der Waals surface area contributed by atoms with E-state index in [1.807, 2.05) is 24.3 Å². The van der Waals surface area contributed by atoms with Gasteiger partial charge in [-0.2, -0.15) is 0 Å². The largest absolute Gasteiger partial charge is 0.360 e. The Morgan fingerprint density at radius 1 is 1.41 bits per heavy atom. The van der Waals surface area contributed by atoms with Gasteiger partial charge in [0, 0.05) is 28.7 Å². The Bertz CT molecular complexity index is 516. The van der Waals surface area contributed by atoms with Crippen LogP contribution in [0.5, 0.6) is 0 Å². The number of nitrogens with one attached hydrogen (secondary N) is 2. The molecule has 90 valence electrons. The minimum absolute atomic E-state index is 0.141. The van der Waals surface area contributed by atoms with Crippen molar-refractivity contribution in [3.8, 4) is 0 Å². The molecule has 3 nitrogen and oxygen atoms in total. The van der Waals surface area contributed by atoms with E-state index in [1.165, 1.54) is 0 Å². The van der Waals surface area contributed by atoms with Crippen molar-refractivity contribution in [2.75, 3.05) is 6.54 Å². The van der Waals surface area contributed by atoms with E-state index in [0.29, 0.717) is 12.6 Å². The van der Waals surface area contributed by atoms with Gasteiger partial charge in [0.05, 0.1) is 6.54 Å². The van der Waals surface area contributed by atoms with E-state index in [-0.39, 0.29) is 5.78 Å². The summed E-state index contributed by atoms with van der Waals surface area (Å²) in [4.78, 5) is 15.2. The number of hydrogen-bond acceptors (Lipinski definition) is 2. The normalized spacial score (nSPS) is 12.8. The van der Waals surface area contributed by atoms with E-state index >= 15 is 0 Å². The molecule has 0 aliphatic heterocycles. The first-order valence-electron chi connectivity index (χ1n) is 6.05. The molecule has 1 aromatic heterocycles. The van der Waals surface area contributed by atoms with Crippen LogP contribution >= 0.6 is 0 Å². The second-order valence-electron chi connectivity index (χ2n) is 4.36. The molecule has 0 aliphatic rings. The Kier molecular flexibility index (Phi) is 3.59. The van der Waals surface area contributed by atoms with Crippen molar-refractivity contribution in [3.05, 3.63) is 36.0 Å². The maximum absolute atomic E-state index is 12.1. The lowest BCUT2D eigenvalue weighted by Crippen LogP contribution is -2.30.